The lowest BCUT2D eigenvalue weighted by molar-refractivity contribution is 0.381. The van der Waals surface area contributed by atoms with Crippen LogP contribution in [0.5, 0.6) is 51.7 Å². The van der Waals surface area contributed by atoms with Crippen molar-refractivity contribution in [1.29, 1.82) is 0 Å². The summed E-state index contributed by atoms with van der Waals surface area (Å²) < 4.78 is 60.0. The molecule has 12 heteroatoms. The normalized spacial score (nSPS) is 12.2. The van der Waals surface area contributed by atoms with Crippen LogP contribution in [0.15, 0.2) is 218 Å². The van der Waals surface area contributed by atoms with E-state index in [1.54, 1.807) is 0 Å². The largest absolute Gasteiger partial charge is 0.530 e. The van der Waals surface area contributed by atoms with Crippen LogP contribution in [-0.4, -0.2) is 0 Å². The highest BCUT2D eigenvalue weighted by Gasteiger charge is 2.34. The summed E-state index contributed by atoms with van der Waals surface area (Å²) in [4.78, 5) is 0. The second-order valence-corrected chi connectivity index (χ2v) is 27.4. The average molecular weight is 1190 g/mol. The van der Waals surface area contributed by atoms with Crippen molar-refractivity contribution in [1.82, 2.24) is 0 Å². The van der Waals surface area contributed by atoms with Crippen molar-refractivity contribution in [3.8, 4) is 51.7 Å². The molecule has 0 spiro atoms. The van der Waals surface area contributed by atoms with Gasteiger partial charge in [0, 0.05) is 22.6 Å². The number of para-hydroxylation sites is 6. The van der Waals surface area contributed by atoms with E-state index in [4.69, 9.17) is 40.7 Å². The van der Waals surface area contributed by atoms with Gasteiger partial charge in [-0.2, -0.15) is 0 Å². The lowest BCUT2D eigenvalue weighted by Crippen LogP contribution is -2.19. The van der Waals surface area contributed by atoms with Crippen molar-refractivity contribution in [3.05, 3.63) is 268 Å². The van der Waals surface area contributed by atoms with Gasteiger partial charge >= 0.3 is 25.8 Å². The summed E-state index contributed by atoms with van der Waals surface area (Å²) in [5.74, 6) is 5.98. The molecular weight excluding hydrogens is 1110 g/mol. The zero-order valence-corrected chi connectivity index (χ0v) is 53.8. The van der Waals surface area contributed by atoms with Crippen molar-refractivity contribution in [2.75, 3.05) is 0 Å². The van der Waals surface area contributed by atoms with Crippen LogP contribution in [0.1, 0.15) is 138 Å². The molecule has 0 bridgehead atoms. The fraction of sp³-hybridized carbons (Fsp3) is 0.260. The summed E-state index contributed by atoms with van der Waals surface area (Å²) in [5, 5.41) is 0. The van der Waals surface area contributed by atoms with E-state index in [9.17, 15) is 0 Å². The van der Waals surface area contributed by atoms with Gasteiger partial charge in [0.25, 0.3) is 0 Å². The number of benzene rings is 9. The number of hydrogen-bond acceptors (Lipinski definition) is 9. The lowest BCUT2D eigenvalue weighted by atomic mass is 9.74. The summed E-state index contributed by atoms with van der Waals surface area (Å²) in [6, 6.07) is 71.8. The Bertz CT molecular complexity index is 3290. The molecule has 9 nitrogen and oxygen atoms in total. The number of hydrogen-bond donors (Lipinski definition) is 0. The van der Waals surface area contributed by atoms with E-state index in [1.165, 1.54) is 16.7 Å². The van der Waals surface area contributed by atoms with Crippen LogP contribution < -0.4 is 40.7 Å². The van der Waals surface area contributed by atoms with Crippen LogP contribution in [0.3, 0.4) is 0 Å². The van der Waals surface area contributed by atoms with Crippen molar-refractivity contribution in [3.63, 3.8) is 0 Å². The first-order valence-corrected chi connectivity index (χ1v) is 32.2. The Morgan fingerprint density at radius 3 is 0.729 bits per heavy atom. The molecule has 0 aliphatic rings. The molecule has 0 saturated heterocycles. The monoisotopic (exact) mass is 1190 g/mol. The number of rotatable bonds is 23. The summed E-state index contributed by atoms with van der Waals surface area (Å²) in [7, 11) is -5.83. The van der Waals surface area contributed by atoms with Gasteiger partial charge in [-0.25, -0.2) is 0 Å². The highest BCUT2D eigenvalue weighted by Crippen LogP contribution is 2.52. The van der Waals surface area contributed by atoms with Gasteiger partial charge in [0.15, 0.2) is 0 Å². The Labute approximate surface area is 508 Å². The highest BCUT2D eigenvalue weighted by molar-refractivity contribution is 7.43. The predicted octanol–water partition coefficient (Wildman–Crippen LogP) is 22.1. The molecule has 1 atom stereocenters. The van der Waals surface area contributed by atoms with Crippen LogP contribution in [0.4, 0.5) is 0 Å². The van der Waals surface area contributed by atoms with Gasteiger partial charge in [-0.1, -0.05) is 197 Å². The molecule has 0 heterocycles. The molecule has 0 amide bonds. The van der Waals surface area contributed by atoms with E-state index in [0.717, 1.165) is 45.6 Å². The Hall–Kier alpha value is -7.53. The van der Waals surface area contributed by atoms with Crippen molar-refractivity contribution in [2.45, 2.75) is 125 Å². The van der Waals surface area contributed by atoms with E-state index in [2.05, 4.69) is 126 Å². The van der Waals surface area contributed by atoms with Crippen molar-refractivity contribution < 1.29 is 40.7 Å². The molecule has 0 aromatic heterocycles. The minimum atomic E-state index is -1.95. The highest BCUT2D eigenvalue weighted by atomic mass is 31.2. The van der Waals surface area contributed by atoms with E-state index in [-0.39, 0.29) is 28.1 Å². The van der Waals surface area contributed by atoms with E-state index in [0.29, 0.717) is 46.0 Å². The molecule has 0 N–H and O–H groups in total. The summed E-state index contributed by atoms with van der Waals surface area (Å²) in [6.07, 6.45) is 0.753. The molecule has 0 fully saturated rings. The molecule has 9 aromatic rings. The van der Waals surface area contributed by atoms with Gasteiger partial charge in [-0.05, 0) is 174 Å². The fourth-order valence-electron chi connectivity index (χ4n) is 10.1. The summed E-state index contributed by atoms with van der Waals surface area (Å²) >= 11 is 0. The smallest absolute Gasteiger partial charge is 0.409 e. The SMILES string of the molecule is Cc1cc(OP(Oc2ccccc2)Oc2ccccc2)c(C(C)(C)C)cc1C(C)CC(c1cc(C(C)(C)C)c(OP(Oc2ccccc2)Oc2ccccc2)cc1C)c1cc(C(C)(C)C)c(OP(Oc2ccccc2)Oc2ccccc2)cc1C. The standard InChI is InChI=1S/C73H79O9P3/c1-51(61-48-65(71(5,6)7)68(45-52(61)2)80-83(74-55-32-20-14-21-33-55)75-56-34-22-15-23-35-56)44-64(62-49-66(72(8,9)10)69(46-53(62)3)81-84(76-57-36-24-16-25-37-57)77-58-38-26-17-27-39-58)63-50-67(73(11,12)13)70(47-54(63)4)82-85(78-59-40-28-18-29-41-59)79-60-42-30-19-31-43-60/h14-43,45-51,64H,44H2,1-13H3. The fourth-order valence-corrected chi connectivity index (χ4v) is 13.1. The first-order chi connectivity index (χ1) is 40.6. The van der Waals surface area contributed by atoms with Crippen LogP contribution in [0.25, 0.3) is 0 Å². The Balaban J connectivity index is 1.16. The topological polar surface area (TPSA) is 83.1 Å². The molecule has 85 heavy (non-hydrogen) atoms. The zero-order valence-electron chi connectivity index (χ0n) is 51.2. The minimum Gasteiger partial charge on any atom is -0.409 e. The van der Waals surface area contributed by atoms with Gasteiger partial charge in [-0.15, -0.1) is 0 Å². The summed E-state index contributed by atoms with van der Waals surface area (Å²) in [5.41, 5.74) is 8.92. The third-order valence-electron chi connectivity index (χ3n) is 14.5. The molecule has 1 unspecified atom stereocenters. The number of aryl methyl sites for hydroxylation is 3. The van der Waals surface area contributed by atoms with Gasteiger partial charge in [0.1, 0.15) is 51.7 Å². The second kappa shape index (κ2) is 27.7. The average Bonchev–Trinajstić information content (AvgIpc) is 1.72. The summed E-state index contributed by atoms with van der Waals surface area (Å²) in [6.45, 7) is 29.0. The van der Waals surface area contributed by atoms with Gasteiger partial charge in [0.2, 0.25) is 0 Å². The maximum absolute atomic E-state index is 7.00. The molecule has 440 valence electrons. The molecule has 0 aliphatic carbocycles. The third kappa shape index (κ3) is 16.9. The van der Waals surface area contributed by atoms with E-state index >= 15 is 0 Å². The molecule has 9 aromatic carbocycles. The molecule has 0 aliphatic heterocycles. The van der Waals surface area contributed by atoms with Crippen LogP contribution in [0, 0.1) is 20.8 Å². The molecule has 9 rings (SSSR count). The molecule has 0 saturated carbocycles. The quantitative estimate of drug-likeness (QED) is 0.0582. The Morgan fingerprint density at radius 1 is 0.294 bits per heavy atom. The maximum Gasteiger partial charge on any atom is 0.530 e. The van der Waals surface area contributed by atoms with Crippen LogP contribution >= 0.6 is 25.8 Å². The first-order valence-electron chi connectivity index (χ1n) is 28.9. The van der Waals surface area contributed by atoms with Crippen LogP contribution in [0.2, 0.25) is 0 Å². The van der Waals surface area contributed by atoms with Gasteiger partial charge < -0.3 is 40.7 Å². The Morgan fingerprint density at radius 2 is 0.506 bits per heavy atom. The van der Waals surface area contributed by atoms with Crippen molar-refractivity contribution >= 4 is 25.8 Å². The zero-order chi connectivity index (χ0) is 60.3. The molecule has 0 radical (unpaired) electrons. The minimum absolute atomic E-state index is 0.0439. The first kappa shape index (κ1) is 62.0. The third-order valence-corrected chi connectivity index (χ3v) is 17.7. The lowest BCUT2D eigenvalue weighted by Gasteiger charge is -2.32. The second-order valence-electron chi connectivity index (χ2n) is 24.4. The maximum atomic E-state index is 7.00. The van der Waals surface area contributed by atoms with Gasteiger partial charge in [-0.3, -0.25) is 0 Å². The predicted molar refractivity (Wildman–Crippen MR) is 350 cm³/mol. The van der Waals surface area contributed by atoms with E-state index in [1.807, 2.05) is 182 Å². The van der Waals surface area contributed by atoms with Crippen molar-refractivity contribution in [2.24, 2.45) is 0 Å². The Kier molecular flexibility index (Phi) is 20.2. The van der Waals surface area contributed by atoms with Gasteiger partial charge in [0.05, 0.1) is 0 Å². The van der Waals surface area contributed by atoms with E-state index < -0.39 is 25.8 Å². The van der Waals surface area contributed by atoms with Crippen LogP contribution in [-0.2, 0) is 16.2 Å². The molecular formula is C73H79O9P3.